The molecule has 15 heavy (non-hydrogen) atoms. The maximum absolute atomic E-state index is 5.83. The monoisotopic (exact) mass is 206 g/mol. The van der Waals surface area contributed by atoms with Crippen LogP contribution >= 0.6 is 0 Å². The normalized spacial score (nSPS) is 27.9. The van der Waals surface area contributed by atoms with Crippen LogP contribution in [0, 0.1) is 0 Å². The second-order valence-corrected chi connectivity index (χ2v) is 3.86. The minimum absolute atomic E-state index is 0.174. The summed E-state index contributed by atoms with van der Waals surface area (Å²) in [7, 11) is 1.96. The second-order valence-electron chi connectivity index (χ2n) is 3.86. The summed E-state index contributed by atoms with van der Waals surface area (Å²) in [6, 6.07) is 10.8. The van der Waals surface area contributed by atoms with Crippen LogP contribution in [0.3, 0.4) is 0 Å². The van der Waals surface area contributed by atoms with Crippen LogP contribution < -0.4 is 5.43 Å². The van der Waals surface area contributed by atoms with Crippen molar-refractivity contribution in [2.45, 2.75) is 19.1 Å². The molecular weight excluding hydrogens is 188 g/mol. The molecule has 0 radical (unpaired) electrons. The van der Waals surface area contributed by atoms with Crippen molar-refractivity contribution in [2.24, 2.45) is 0 Å². The highest BCUT2D eigenvalue weighted by atomic mass is 16.5. The Morgan fingerprint density at radius 3 is 2.73 bits per heavy atom. The van der Waals surface area contributed by atoms with Crippen molar-refractivity contribution in [1.29, 1.82) is 0 Å². The maximum atomic E-state index is 5.83. The number of benzene rings is 1. The van der Waals surface area contributed by atoms with E-state index >= 15 is 0 Å². The lowest BCUT2D eigenvalue weighted by Crippen LogP contribution is -2.51. The first-order valence-electron chi connectivity index (χ1n) is 5.43. The molecule has 0 amide bonds. The molecular formula is C12H18N2O. The van der Waals surface area contributed by atoms with E-state index in [1.54, 1.807) is 0 Å². The third-order valence-electron chi connectivity index (χ3n) is 2.97. The molecule has 0 bridgehead atoms. The van der Waals surface area contributed by atoms with Crippen molar-refractivity contribution in [1.82, 2.24) is 10.4 Å². The van der Waals surface area contributed by atoms with Gasteiger partial charge in [-0.3, -0.25) is 5.43 Å². The largest absolute Gasteiger partial charge is 0.370 e. The Labute approximate surface area is 91.0 Å². The summed E-state index contributed by atoms with van der Waals surface area (Å²) in [5, 5.41) is 2.22. The zero-order valence-corrected chi connectivity index (χ0v) is 9.31. The van der Waals surface area contributed by atoms with Crippen LogP contribution in [0.5, 0.6) is 0 Å². The van der Waals surface area contributed by atoms with Crippen LogP contribution in [0.2, 0.25) is 0 Å². The van der Waals surface area contributed by atoms with Gasteiger partial charge in [0.1, 0.15) is 0 Å². The van der Waals surface area contributed by atoms with Gasteiger partial charge >= 0.3 is 0 Å². The number of morpholine rings is 1. The molecule has 0 aromatic heterocycles. The molecule has 1 saturated heterocycles. The van der Waals surface area contributed by atoms with Gasteiger partial charge < -0.3 is 4.74 Å². The lowest BCUT2D eigenvalue weighted by molar-refractivity contribution is -0.0835. The predicted octanol–water partition coefficient (Wildman–Crippen LogP) is 1.58. The van der Waals surface area contributed by atoms with Gasteiger partial charge in [-0.2, -0.15) is 0 Å². The van der Waals surface area contributed by atoms with Crippen molar-refractivity contribution in [2.75, 3.05) is 20.2 Å². The van der Waals surface area contributed by atoms with Gasteiger partial charge in [0, 0.05) is 6.54 Å². The highest BCUT2D eigenvalue weighted by Gasteiger charge is 2.28. The first kappa shape index (κ1) is 10.6. The molecule has 1 aliphatic heterocycles. The van der Waals surface area contributed by atoms with E-state index < -0.39 is 0 Å². The van der Waals surface area contributed by atoms with Crippen LogP contribution in [0.15, 0.2) is 30.3 Å². The molecule has 82 valence electrons. The molecule has 1 fully saturated rings. The van der Waals surface area contributed by atoms with E-state index in [1.165, 1.54) is 5.56 Å². The topological polar surface area (TPSA) is 24.5 Å². The van der Waals surface area contributed by atoms with E-state index in [0.717, 1.165) is 13.2 Å². The van der Waals surface area contributed by atoms with Gasteiger partial charge in [-0.05, 0) is 19.5 Å². The van der Waals surface area contributed by atoms with Crippen LogP contribution in [0.1, 0.15) is 18.6 Å². The van der Waals surface area contributed by atoms with Gasteiger partial charge in [-0.15, -0.1) is 0 Å². The van der Waals surface area contributed by atoms with Gasteiger partial charge in [-0.1, -0.05) is 30.3 Å². The van der Waals surface area contributed by atoms with Gasteiger partial charge in [0.15, 0.2) is 0 Å². The lowest BCUT2D eigenvalue weighted by atomic mass is 10.0. The standard InChI is InChI=1S/C12H18N2O/c1-10-12(11-6-4-3-5-7-11)15-9-8-14(10)13-2/h3-7,10,12-13H,8-9H2,1-2H3/t10-,12-/m0/s1. The minimum Gasteiger partial charge on any atom is -0.370 e. The molecule has 1 N–H and O–H groups in total. The fraction of sp³-hybridized carbons (Fsp3) is 0.500. The average molecular weight is 206 g/mol. The summed E-state index contributed by atoms with van der Waals surface area (Å²) in [6.07, 6.45) is 0.174. The van der Waals surface area contributed by atoms with Crippen molar-refractivity contribution in [3.05, 3.63) is 35.9 Å². The zero-order valence-electron chi connectivity index (χ0n) is 9.31. The number of hydrogen-bond acceptors (Lipinski definition) is 3. The summed E-state index contributed by atoms with van der Waals surface area (Å²) in [5.74, 6) is 0. The van der Waals surface area contributed by atoms with E-state index in [0.29, 0.717) is 6.04 Å². The third kappa shape index (κ3) is 2.20. The summed E-state index contributed by atoms with van der Waals surface area (Å²) in [5.41, 5.74) is 4.46. The Morgan fingerprint density at radius 2 is 2.07 bits per heavy atom. The van der Waals surface area contributed by atoms with Gasteiger partial charge in [0.2, 0.25) is 0 Å². The molecule has 1 aliphatic rings. The van der Waals surface area contributed by atoms with E-state index in [2.05, 4.69) is 41.6 Å². The molecule has 3 nitrogen and oxygen atoms in total. The second kappa shape index (κ2) is 4.75. The molecule has 0 spiro atoms. The van der Waals surface area contributed by atoms with E-state index in [-0.39, 0.29) is 6.10 Å². The third-order valence-corrected chi connectivity index (χ3v) is 2.97. The summed E-state index contributed by atoms with van der Waals surface area (Å²) in [6.45, 7) is 3.92. The van der Waals surface area contributed by atoms with Crippen LogP contribution in [-0.2, 0) is 4.74 Å². The minimum atomic E-state index is 0.174. The van der Waals surface area contributed by atoms with Crippen LogP contribution in [0.25, 0.3) is 0 Å². The molecule has 1 aromatic rings. The highest BCUT2D eigenvalue weighted by Crippen LogP contribution is 2.26. The zero-order chi connectivity index (χ0) is 10.7. The Balaban J connectivity index is 2.15. The Hall–Kier alpha value is -0.900. The highest BCUT2D eigenvalue weighted by molar-refractivity contribution is 5.19. The number of nitrogens with zero attached hydrogens (tertiary/aromatic N) is 1. The van der Waals surface area contributed by atoms with Gasteiger partial charge in [0.25, 0.3) is 0 Å². The number of hydrazine groups is 1. The Morgan fingerprint density at radius 1 is 1.33 bits per heavy atom. The summed E-state index contributed by atoms with van der Waals surface area (Å²) < 4.78 is 5.83. The predicted molar refractivity (Wildman–Crippen MR) is 60.4 cm³/mol. The average Bonchev–Trinajstić information content (AvgIpc) is 2.30. The Bertz CT molecular complexity index is 302. The molecule has 0 unspecified atom stereocenters. The first-order valence-corrected chi connectivity index (χ1v) is 5.43. The van der Waals surface area contributed by atoms with Gasteiger partial charge in [-0.25, -0.2) is 5.01 Å². The molecule has 2 rings (SSSR count). The van der Waals surface area contributed by atoms with Crippen molar-refractivity contribution < 1.29 is 4.74 Å². The van der Waals surface area contributed by atoms with E-state index in [4.69, 9.17) is 4.74 Å². The molecule has 2 atom stereocenters. The van der Waals surface area contributed by atoms with Crippen molar-refractivity contribution in [3.8, 4) is 0 Å². The number of rotatable bonds is 2. The lowest BCUT2D eigenvalue weighted by Gasteiger charge is -2.38. The van der Waals surface area contributed by atoms with Crippen LogP contribution in [-0.4, -0.2) is 31.3 Å². The SMILES string of the molecule is CNN1CCO[C@H](c2ccccc2)[C@@H]1C. The van der Waals surface area contributed by atoms with Gasteiger partial charge in [0.05, 0.1) is 18.8 Å². The Kier molecular flexibility index (Phi) is 3.36. The van der Waals surface area contributed by atoms with Crippen LogP contribution in [0.4, 0.5) is 0 Å². The number of hydrogen-bond donors (Lipinski definition) is 1. The smallest absolute Gasteiger partial charge is 0.0991 e. The molecule has 3 heteroatoms. The fourth-order valence-corrected chi connectivity index (χ4v) is 2.12. The molecule has 0 aliphatic carbocycles. The summed E-state index contributed by atoms with van der Waals surface area (Å²) >= 11 is 0. The first-order chi connectivity index (χ1) is 7.33. The number of ether oxygens (including phenoxy) is 1. The quantitative estimate of drug-likeness (QED) is 0.795. The molecule has 1 aromatic carbocycles. The van der Waals surface area contributed by atoms with E-state index in [9.17, 15) is 0 Å². The van der Waals surface area contributed by atoms with Crippen molar-refractivity contribution >= 4 is 0 Å². The number of nitrogens with one attached hydrogen (secondary N) is 1. The fourth-order valence-electron chi connectivity index (χ4n) is 2.12. The van der Waals surface area contributed by atoms with E-state index in [1.807, 2.05) is 13.1 Å². The van der Waals surface area contributed by atoms with Crippen molar-refractivity contribution in [3.63, 3.8) is 0 Å². The maximum Gasteiger partial charge on any atom is 0.0991 e. The summed E-state index contributed by atoms with van der Waals surface area (Å²) in [4.78, 5) is 0. The molecule has 1 heterocycles. The molecule has 0 saturated carbocycles.